The zero-order chi connectivity index (χ0) is 14.3. The van der Waals surface area contributed by atoms with E-state index in [1.54, 1.807) is 25.1 Å². The number of hydrogen-bond donors (Lipinski definition) is 0. The van der Waals surface area contributed by atoms with Crippen LogP contribution in [0.2, 0.25) is 0 Å². The van der Waals surface area contributed by atoms with Gasteiger partial charge in [0.2, 0.25) is 0 Å². The summed E-state index contributed by atoms with van der Waals surface area (Å²) in [5.41, 5.74) is 0.555. The van der Waals surface area contributed by atoms with E-state index in [0.717, 1.165) is 13.1 Å². The smallest absolute Gasteiger partial charge is 0.307 e. The highest BCUT2D eigenvalue weighted by molar-refractivity contribution is 5.70. The van der Waals surface area contributed by atoms with E-state index in [1.165, 1.54) is 6.07 Å². The fraction of sp³-hybridized carbons (Fsp3) is 0.533. The minimum absolute atomic E-state index is 0.177. The number of nitrogens with zero attached hydrogens (tertiary/aromatic N) is 1. The molecule has 1 atom stereocenters. The fourth-order valence-electron chi connectivity index (χ4n) is 2.22. The molecule has 1 aromatic carbocycles. The molecule has 0 aliphatic rings. The quantitative estimate of drug-likeness (QED) is 0.711. The predicted octanol–water partition coefficient (Wildman–Crippen LogP) is 3.16. The van der Waals surface area contributed by atoms with Gasteiger partial charge >= 0.3 is 5.97 Å². The highest BCUT2D eigenvalue weighted by atomic mass is 19.1. The lowest BCUT2D eigenvalue weighted by Crippen LogP contribution is -2.31. The molecule has 0 amide bonds. The van der Waals surface area contributed by atoms with E-state index in [4.69, 9.17) is 4.74 Å². The Bertz CT molecular complexity index is 405. The van der Waals surface area contributed by atoms with Crippen LogP contribution in [0.25, 0.3) is 0 Å². The van der Waals surface area contributed by atoms with E-state index in [1.807, 2.05) is 13.8 Å². The van der Waals surface area contributed by atoms with Gasteiger partial charge in [0.05, 0.1) is 13.0 Å². The summed E-state index contributed by atoms with van der Waals surface area (Å²) in [7, 11) is 0. The third-order valence-corrected chi connectivity index (χ3v) is 3.18. The van der Waals surface area contributed by atoms with Gasteiger partial charge in [0.1, 0.15) is 5.82 Å². The molecule has 0 aromatic heterocycles. The van der Waals surface area contributed by atoms with Gasteiger partial charge in [-0.1, -0.05) is 32.0 Å². The van der Waals surface area contributed by atoms with E-state index in [0.29, 0.717) is 12.2 Å². The predicted molar refractivity (Wildman–Crippen MR) is 73.3 cm³/mol. The van der Waals surface area contributed by atoms with E-state index >= 15 is 0 Å². The fourth-order valence-corrected chi connectivity index (χ4v) is 2.22. The van der Waals surface area contributed by atoms with Gasteiger partial charge < -0.3 is 4.74 Å². The van der Waals surface area contributed by atoms with Crippen LogP contribution in [0.5, 0.6) is 0 Å². The molecule has 0 aliphatic carbocycles. The van der Waals surface area contributed by atoms with Gasteiger partial charge in [-0.05, 0) is 26.1 Å². The maximum absolute atomic E-state index is 13.9. The van der Waals surface area contributed by atoms with Gasteiger partial charge in [-0.3, -0.25) is 9.69 Å². The SMILES string of the molecule is CCOC(=O)CC(c1ccccc1F)N(CC)CC. The monoisotopic (exact) mass is 267 g/mol. The van der Waals surface area contributed by atoms with E-state index in [9.17, 15) is 9.18 Å². The van der Waals surface area contributed by atoms with Gasteiger partial charge in [-0.25, -0.2) is 4.39 Å². The summed E-state index contributed by atoms with van der Waals surface area (Å²) in [5.74, 6) is -0.564. The molecule has 19 heavy (non-hydrogen) atoms. The highest BCUT2D eigenvalue weighted by Crippen LogP contribution is 2.26. The van der Waals surface area contributed by atoms with Crippen LogP contribution in [0.3, 0.4) is 0 Å². The Kier molecular flexibility index (Phi) is 6.50. The average molecular weight is 267 g/mol. The maximum atomic E-state index is 13.9. The van der Waals surface area contributed by atoms with Gasteiger partial charge in [0.25, 0.3) is 0 Å². The van der Waals surface area contributed by atoms with Crippen molar-refractivity contribution in [2.45, 2.75) is 33.2 Å². The molecule has 0 radical (unpaired) electrons. The number of halogens is 1. The second-order valence-electron chi connectivity index (χ2n) is 4.27. The molecule has 0 saturated carbocycles. The Hall–Kier alpha value is -1.42. The van der Waals surface area contributed by atoms with Crippen LogP contribution in [-0.2, 0) is 9.53 Å². The first-order valence-electron chi connectivity index (χ1n) is 6.78. The molecule has 3 nitrogen and oxygen atoms in total. The molecule has 1 unspecified atom stereocenters. The Morgan fingerprint density at radius 1 is 1.26 bits per heavy atom. The first-order valence-corrected chi connectivity index (χ1v) is 6.78. The van der Waals surface area contributed by atoms with Crippen molar-refractivity contribution in [3.8, 4) is 0 Å². The Balaban J connectivity index is 2.98. The van der Waals surface area contributed by atoms with Gasteiger partial charge in [0, 0.05) is 11.6 Å². The summed E-state index contributed by atoms with van der Waals surface area (Å²) in [4.78, 5) is 13.8. The van der Waals surface area contributed by atoms with Crippen molar-refractivity contribution in [2.24, 2.45) is 0 Å². The summed E-state index contributed by atoms with van der Waals surface area (Å²) < 4.78 is 18.9. The Labute approximate surface area is 114 Å². The summed E-state index contributed by atoms with van der Waals surface area (Å²) in [6.07, 6.45) is 0.177. The maximum Gasteiger partial charge on any atom is 0.307 e. The number of esters is 1. The number of rotatable bonds is 7. The number of ether oxygens (including phenoxy) is 1. The van der Waals surface area contributed by atoms with Gasteiger partial charge in [-0.15, -0.1) is 0 Å². The van der Waals surface area contributed by atoms with Crippen molar-refractivity contribution in [1.29, 1.82) is 0 Å². The number of carbonyl (C=O) groups is 1. The van der Waals surface area contributed by atoms with Crippen molar-refractivity contribution in [2.75, 3.05) is 19.7 Å². The highest BCUT2D eigenvalue weighted by Gasteiger charge is 2.24. The molecule has 1 rings (SSSR count). The largest absolute Gasteiger partial charge is 0.466 e. The summed E-state index contributed by atoms with van der Waals surface area (Å²) in [6, 6.07) is 6.34. The van der Waals surface area contributed by atoms with Crippen LogP contribution in [0.1, 0.15) is 38.8 Å². The minimum atomic E-state index is -0.289. The molecule has 0 N–H and O–H groups in total. The summed E-state index contributed by atoms with van der Waals surface area (Å²) in [6.45, 7) is 7.64. The Morgan fingerprint density at radius 2 is 1.89 bits per heavy atom. The zero-order valence-corrected chi connectivity index (χ0v) is 11.9. The lowest BCUT2D eigenvalue weighted by molar-refractivity contribution is -0.144. The zero-order valence-electron chi connectivity index (χ0n) is 11.9. The van der Waals surface area contributed by atoms with Crippen LogP contribution in [0.15, 0.2) is 24.3 Å². The second kappa shape index (κ2) is 7.89. The van der Waals surface area contributed by atoms with Crippen molar-refractivity contribution < 1.29 is 13.9 Å². The minimum Gasteiger partial charge on any atom is -0.466 e. The Morgan fingerprint density at radius 3 is 2.42 bits per heavy atom. The number of carbonyl (C=O) groups excluding carboxylic acids is 1. The molecule has 0 fully saturated rings. The molecule has 0 bridgehead atoms. The molecule has 0 heterocycles. The van der Waals surface area contributed by atoms with E-state index < -0.39 is 0 Å². The normalized spacial score (nSPS) is 12.5. The molecule has 1 aromatic rings. The molecule has 0 spiro atoms. The van der Waals surface area contributed by atoms with Crippen LogP contribution in [0.4, 0.5) is 4.39 Å². The summed E-state index contributed by atoms with van der Waals surface area (Å²) >= 11 is 0. The lowest BCUT2D eigenvalue weighted by atomic mass is 10.0. The lowest BCUT2D eigenvalue weighted by Gasteiger charge is -2.29. The first-order chi connectivity index (χ1) is 9.13. The summed E-state index contributed by atoms with van der Waals surface area (Å²) in [5, 5.41) is 0. The average Bonchev–Trinajstić information content (AvgIpc) is 2.40. The van der Waals surface area contributed by atoms with Gasteiger partial charge in [-0.2, -0.15) is 0 Å². The standard InChI is InChI=1S/C15H22FNO2/c1-4-17(5-2)14(11-15(18)19-6-3)12-9-7-8-10-13(12)16/h7-10,14H,4-6,11H2,1-3H3. The molecule has 0 aliphatic heterocycles. The number of benzene rings is 1. The first kappa shape index (κ1) is 15.6. The molecular formula is C15H22FNO2. The molecule has 106 valence electrons. The van der Waals surface area contributed by atoms with Crippen molar-refractivity contribution >= 4 is 5.97 Å². The second-order valence-corrected chi connectivity index (χ2v) is 4.27. The molecule has 4 heteroatoms. The van der Waals surface area contributed by atoms with Crippen molar-refractivity contribution in [1.82, 2.24) is 4.90 Å². The van der Waals surface area contributed by atoms with Gasteiger partial charge in [0.15, 0.2) is 0 Å². The van der Waals surface area contributed by atoms with Crippen LogP contribution >= 0.6 is 0 Å². The third-order valence-electron chi connectivity index (χ3n) is 3.18. The van der Waals surface area contributed by atoms with E-state index in [2.05, 4.69) is 4.90 Å². The van der Waals surface area contributed by atoms with Crippen molar-refractivity contribution in [3.05, 3.63) is 35.6 Å². The topological polar surface area (TPSA) is 29.5 Å². The molecular weight excluding hydrogens is 245 g/mol. The van der Waals surface area contributed by atoms with Crippen molar-refractivity contribution in [3.63, 3.8) is 0 Å². The number of hydrogen-bond acceptors (Lipinski definition) is 3. The van der Waals surface area contributed by atoms with Crippen LogP contribution in [-0.4, -0.2) is 30.6 Å². The van der Waals surface area contributed by atoms with Crippen LogP contribution < -0.4 is 0 Å². The van der Waals surface area contributed by atoms with Crippen LogP contribution in [0, 0.1) is 5.82 Å². The molecule has 0 saturated heterocycles. The third kappa shape index (κ3) is 4.31. The van der Waals surface area contributed by atoms with E-state index in [-0.39, 0.29) is 24.2 Å².